The van der Waals surface area contributed by atoms with Crippen LogP contribution in [0.2, 0.25) is 0 Å². The van der Waals surface area contributed by atoms with E-state index < -0.39 is 0 Å². The van der Waals surface area contributed by atoms with Gasteiger partial charge < -0.3 is 14.6 Å². The summed E-state index contributed by atoms with van der Waals surface area (Å²) in [5, 5.41) is 1.28. The van der Waals surface area contributed by atoms with E-state index in [1.54, 1.807) is 0 Å². The Morgan fingerprint density at radius 1 is 1.33 bits per heavy atom. The molecule has 1 saturated heterocycles. The van der Waals surface area contributed by atoms with Crippen LogP contribution >= 0.6 is 0 Å². The Hall–Kier alpha value is -1.48. The second-order valence-corrected chi connectivity index (χ2v) is 5.59. The van der Waals surface area contributed by atoms with E-state index in [0.717, 1.165) is 24.3 Å². The second kappa shape index (κ2) is 7.51. The molecule has 116 valence electrons. The molecule has 1 atom stereocenters. The van der Waals surface area contributed by atoms with Crippen LogP contribution in [0.25, 0.3) is 10.9 Å². The van der Waals surface area contributed by atoms with Crippen LogP contribution in [0.3, 0.4) is 0 Å². The van der Waals surface area contributed by atoms with E-state index in [1.807, 2.05) is 20.0 Å². The average molecular weight is 288 g/mol. The minimum Gasteiger partial charge on any atom is -0.493 e. The van der Waals surface area contributed by atoms with Gasteiger partial charge in [-0.25, -0.2) is 0 Å². The van der Waals surface area contributed by atoms with Crippen molar-refractivity contribution in [2.24, 2.45) is 0 Å². The summed E-state index contributed by atoms with van der Waals surface area (Å²) in [6, 6.07) is 7.01. The molecular weight excluding hydrogens is 260 g/mol. The number of aromatic nitrogens is 1. The molecule has 0 amide bonds. The van der Waals surface area contributed by atoms with Crippen LogP contribution in [-0.4, -0.2) is 36.1 Å². The van der Waals surface area contributed by atoms with Crippen LogP contribution in [0.5, 0.6) is 5.75 Å². The lowest BCUT2D eigenvalue weighted by molar-refractivity contribution is 0.233. The summed E-state index contributed by atoms with van der Waals surface area (Å²) in [5.41, 5.74) is 2.45. The molecule has 3 rings (SSSR count). The monoisotopic (exact) mass is 288 g/mol. The zero-order valence-electron chi connectivity index (χ0n) is 13.8. The maximum Gasteiger partial charge on any atom is 0.121 e. The highest BCUT2D eigenvalue weighted by atomic mass is 16.5. The third-order valence-corrected chi connectivity index (χ3v) is 4.25. The number of H-pyrrole nitrogens is 1. The van der Waals surface area contributed by atoms with Crippen LogP contribution < -0.4 is 4.74 Å². The molecular formula is C18H28N2O. The Bertz CT molecular complexity index is 561. The summed E-state index contributed by atoms with van der Waals surface area (Å²) in [6.45, 7) is 8.16. The molecule has 0 aliphatic carbocycles. The molecule has 1 aromatic carbocycles. The maximum atomic E-state index is 5.89. The van der Waals surface area contributed by atoms with Crippen molar-refractivity contribution in [2.75, 3.05) is 20.2 Å². The lowest BCUT2D eigenvalue weighted by Gasteiger charge is -2.19. The Morgan fingerprint density at radius 3 is 2.86 bits per heavy atom. The molecule has 3 heteroatoms. The number of nitrogens with one attached hydrogen (secondary N) is 1. The molecule has 2 aromatic rings. The number of aromatic amines is 1. The average Bonchev–Trinajstić information content (AvgIpc) is 3.08. The predicted octanol–water partition coefficient (Wildman–Crippen LogP) is 4.37. The number of fused-ring (bicyclic) bond motifs is 1. The van der Waals surface area contributed by atoms with Gasteiger partial charge in [0.05, 0.1) is 6.61 Å². The van der Waals surface area contributed by atoms with E-state index in [4.69, 9.17) is 4.74 Å². The number of hydrogen-bond acceptors (Lipinski definition) is 2. The van der Waals surface area contributed by atoms with Crippen LogP contribution in [0.1, 0.15) is 38.7 Å². The molecule has 1 unspecified atom stereocenters. The smallest absolute Gasteiger partial charge is 0.121 e. The van der Waals surface area contributed by atoms with Crippen LogP contribution in [0, 0.1) is 6.92 Å². The summed E-state index contributed by atoms with van der Waals surface area (Å²) in [6.07, 6.45) is 5.81. The summed E-state index contributed by atoms with van der Waals surface area (Å²) in [5.74, 6) is 0.968. The van der Waals surface area contributed by atoms with Gasteiger partial charge in [0.2, 0.25) is 0 Å². The number of hydrogen-bond donors (Lipinski definition) is 1. The standard InChI is InChI=1S/C16H22N2O.C2H6/c1-12-11-17-16-10-14(5-6-15(12)16)19-9-7-13-4-3-8-18(13)2;1-2/h5-6,10-11,13,17H,3-4,7-9H2,1-2H3;1-2H3. The fourth-order valence-corrected chi connectivity index (χ4v) is 3.00. The number of likely N-dealkylation sites (tertiary alicyclic amines) is 1. The highest BCUT2D eigenvalue weighted by Gasteiger charge is 2.20. The van der Waals surface area contributed by atoms with E-state index in [9.17, 15) is 0 Å². The van der Waals surface area contributed by atoms with Gasteiger partial charge in [-0.2, -0.15) is 0 Å². The zero-order chi connectivity index (χ0) is 15.2. The lowest BCUT2D eigenvalue weighted by atomic mass is 10.1. The number of aryl methyl sites for hydroxylation is 1. The molecule has 0 radical (unpaired) electrons. The molecule has 0 bridgehead atoms. The second-order valence-electron chi connectivity index (χ2n) is 5.59. The first kappa shape index (κ1) is 15.9. The first-order valence-corrected chi connectivity index (χ1v) is 8.15. The van der Waals surface area contributed by atoms with Crippen molar-refractivity contribution in [2.45, 2.75) is 46.1 Å². The van der Waals surface area contributed by atoms with Gasteiger partial charge in [0.1, 0.15) is 5.75 Å². The Kier molecular flexibility index (Phi) is 5.68. The van der Waals surface area contributed by atoms with Crippen LogP contribution in [0.4, 0.5) is 0 Å². The first-order chi connectivity index (χ1) is 10.2. The van der Waals surface area contributed by atoms with Crippen molar-refractivity contribution in [3.63, 3.8) is 0 Å². The van der Waals surface area contributed by atoms with Crippen LogP contribution in [0.15, 0.2) is 24.4 Å². The van der Waals surface area contributed by atoms with Crippen molar-refractivity contribution < 1.29 is 4.74 Å². The topological polar surface area (TPSA) is 28.3 Å². The molecule has 0 spiro atoms. The van der Waals surface area contributed by atoms with Gasteiger partial charge in [-0.1, -0.05) is 13.8 Å². The third-order valence-electron chi connectivity index (χ3n) is 4.25. The Morgan fingerprint density at radius 2 is 2.14 bits per heavy atom. The highest BCUT2D eigenvalue weighted by Crippen LogP contribution is 2.23. The number of benzene rings is 1. The van der Waals surface area contributed by atoms with Gasteiger partial charge in [0, 0.05) is 29.2 Å². The molecule has 1 aliphatic rings. The first-order valence-electron chi connectivity index (χ1n) is 8.15. The van der Waals surface area contributed by atoms with E-state index in [0.29, 0.717) is 6.04 Å². The van der Waals surface area contributed by atoms with Crippen molar-refractivity contribution in [3.8, 4) is 5.75 Å². The molecule has 1 N–H and O–H groups in total. The van der Waals surface area contributed by atoms with Gasteiger partial charge in [-0.3, -0.25) is 0 Å². The van der Waals surface area contributed by atoms with E-state index >= 15 is 0 Å². The normalized spacial score (nSPS) is 18.6. The number of nitrogens with zero attached hydrogens (tertiary/aromatic N) is 1. The van der Waals surface area contributed by atoms with Gasteiger partial charge in [0.25, 0.3) is 0 Å². The zero-order valence-corrected chi connectivity index (χ0v) is 13.8. The molecule has 0 saturated carbocycles. The summed E-state index contributed by atoms with van der Waals surface area (Å²) >= 11 is 0. The van der Waals surface area contributed by atoms with Crippen LogP contribution in [-0.2, 0) is 0 Å². The maximum absolute atomic E-state index is 5.89. The minimum atomic E-state index is 0.705. The van der Waals surface area contributed by atoms with Crippen molar-refractivity contribution in [1.82, 2.24) is 9.88 Å². The molecule has 1 aliphatic heterocycles. The fourth-order valence-electron chi connectivity index (χ4n) is 3.00. The lowest BCUT2D eigenvalue weighted by Crippen LogP contribution is -2.26. The Labute approximate surface area is 128 Å². The van der Waals surface area contributed by atoms with E-state index in [-0.39, 0.29) is 0 Å². The summed E-state index contributed by atoms with van der Waals surface area (Å²) in [4.78, 5) is 5.72. The van der Waals surface area contributed by atoms with Crippen molar-refractivity contribution >= 4 is 10.9 Å². The third kappa shape index (κ3) is 3.79. The predicted molar refractivity (Wildman–Crippen MR) is 90.1 cm³/mol. The number of ether oxygens (including phenoxy) is 1. The minimum absolute atomic E-state index is 0.705. The fraction of sp³-hybridized carbons (Fsp3) is 0.556. The Balaban J connectivity index is 0.000000774. The number of rotatable bonds is 4. The van der Waals surface area contributed by atoms with E-state index in [1.165, 1.54) is 30.3 Å². The van der Waals surface area contributed by atoms with Gasteiger partial charge in [-0.05, 0) is 57.5 Å². The SMILES string of the molecule is CC.Cc1c[nH]c2cc(OCCC3CCCN3C)ccc12. The van der Waals surface area contributed by atoms with Crippen molar-refractivity contribution in [1.29, 1.82) is 0 Å². The molecule has 3 nitrogen and oxygen atoms in total. The molecule has 1 aromatic heterocycles. The van der Waals surface area contributed by atoms with E-state index in [2.05, 4.69) is 42.1 Å². The largest absolute Gasteiger partial charge is 0.493 e. The van der Waals surface area contributed by atoms with Gasteiger partial charge in [-0.15, -0.1) is 0 Å². The van der Waals surface area contributed by atoms with Crippen molar-refractivity contribution in [3.05, 3.63) is 30.0 Å². The summed E-state index contributed by atoms with van der Waals surface area (Å²) in [7, 11) is 2.21. The van der Waals surface area contributed by atoms with Gasteiger partial charge >= 0.3 is 0 Å². The quantitative estimate of drug-likeness (QED) is 0.905. The summed E-state index contributed by atoms with van der Waals surface area (Å²) < 4.78 is 5.89. The van der Waals surface area contributed by atoms with Gasteiger partial charge in [0.15, 0.2) is 0 Å². The molecule has 2 heterocycles. The molecule has 1 fully saturated rings. The highest BCUT2D eigenvalue weighted by molar-refractivity contribution is 5.84. The molecule has 21 heavy (non-hydrogen) atoms.